The Kier molecular flexibility index (Phi) is 4.87. The fraction of sp³-hybridized carbons (Fsp3) is 0.312. The molecule has 0 saturated heterocycles. The van der Waals surface area contributed by atoms with Gasteiger partial charge in [0.2, 0.25) is 11.7 Å². The van der Waals surface area contributed by atoms with E-state index in [0.717, 1.165) is 5.56 Å². The quantitative estimate of drug-likeness (QED) is 0.820. The smallest absolute Gasteiger partial charge is 0.230 e. The van der Waals surface area contributed by atoms with Crippen molar-refractivity contribution in [2.24, 2.45) is 0 Å². The Morgan fingerprint density at radius 1 is 1.00 bits per heavy atom. The molecule has 0 fully saturated rings. The second kappa shape index (κ2) is 6.83. The van der Waals surface area contributed by atoms with E-state index in [0.29, 0.717) is 30.1 Å². The summed E-state index contributed by atoms with van der Waals surface area (Å²) in [6.07, 6.45) is 4.51. The van der Waals surface area contributed by atoms with Gasteiger partial charge in [-0.25, -0.2) is 0 Å². The van der Waals surface area contributed by atoms with Gasteiger partial charge in [0, 0.05) is 18.8 Å². The topological polar surface area (TPSA) is 49.7 Å². The van der Waals surface area contributed by atoms with Gasteiger partial charge < -0.3 is 14.2 Å². The highest BCUT2D eigenvalue weighted by Crippen LogP contribution is 2.38. The van der Waals surface area contributed by atoms with Crippen LogP contribution >= 0.6 is 0 Å². The van der Waals surface area contributed by atoms with Gasteiger partial charge >= 0.3 is 0 Å². The molecule has 0 saturated carbocycles. The first-order chi connectivity index (χ1) is 10.2. The second-order valence-corrected chi connectivity index (χ2v) is 4.52. The van der Waals surface area contributed by atoms with Gasteiger partial charge in [-0.2, -0.15) is 0 Å². The Morgan fingerprint density at radius 2 is 1.57 bits per heavy atom. The lowest BCUT2D eigenvalue weighted by molar-refractivity contribution is 0.0903. The van der Waals surface area contributed by atoms with Crippen LogP contribution in [0.3, 0.4) is 0 Å². The largest absolute Gasteiger partial charge is 0.493 e. The van der Waals surface area contributed by atoms with E-state index in [1.165, 1.54) is 0 Å². The molecule has 2 aromatic rings. The van der Waals surface area contributed by atoms with Gasteiger partial charge in [0.1, 0.15) is 0 Å². The van der Waals surface area contributed by atoms with Crippen molar-refractivity contribution in [3.63, 3.8) is 0 Å². The third-order valence-electron chi connectivity index (χ3n) is 3.24. The van der Waals surface area contributed by atoms with Crippen molar-refractivity contribution < 1.29 is 19.0 Å². The molecule has 0 aliphatic rings. The molecule has 1 heterocycles. The van der Waals surface area contributed by atoms with E-state index in [9.17, 15) is 4.79 Å². The summed E-state index contributed by atoms with van der Waals surface area (Å²) in [6, 6.07) is 7.39. The zero-order valence-corrected chi connectivity index (χ0v) is 12.5. The highest BCUT2D eigenvalue weighted by atomic mass is 16.5. The minimum absolute atomic E-state index is 0.0498. The summed E-state index contributed by atoms with van der Waals surface area (Å²) in [6.45, 7) is 0. The molecule has 5 heteroatoms. The summed E-state index contributed by atoms with van der Waals surface area (Å²) in [4.78, 5) is 12.0. The third-order valence-corrected chi connectivity index (χ3v) is 3.24. The lowest BCUT2D eigenvalue weighted by Crippen LogP contribution is -2.09. The SMILES string of the molecule is COc1cc(CCC(=O)n2cccc2)cc(OC)c1OC. The summed E-state index contributed by atoms with van der Waals surface area (Å²) in [7, 11) is 4.72. The molecular weight excluding hydrogens is 270 g/mol. The van der Waals surface area contributed by atoms with Gasteiger partial charge in [-0.3, -0.25) is 9.36 Å². The Labute approximate surface area is 124 Å². The van der Waals surface area contributed by atoms with Gasteiger partial charge in [0.25, 0.3) is 0 Å². The van der Waals surface area contributed by atoms with Crippen LogP contribution in [0.4, 0.5) is 0 Å². The van der Waals surface area contributed by atoms with Crippen molar-refractivity contribution in [2.75, 3.05) is 21.3 Å². The molecule has 0 amide bonds. The zero-order chi connectivity index (χ0) is 15.2. The summed E-state index contributed by atoms with van der Waals surface area (Å²) in [5.41, 5.74) is 0.963. The van der Waals surface area contributed by atoms with Crippen molar-refractivity contribution >= 4 is 5.91 Å². The van der Waals surface area contributed by atoms with Crippen molar-refractivity contribution in [1.82, 2.24) is 4.57 Å². The number of hydrogen-bond donors (Lipinski definition) is 0. The highest BCUT2D eigenvalue weighted by molar-refractivity contribution is 5.79. The van der Waals surface area contributed by atoms with E-state index in [-0.39, 0.29) is 5.91 Å². The molecule has 112 valence electrons. The van der Waals surface area contributed by atoms with Crippen LogP contribution in [0.1, 0.15) is 16.8 Å². The van der Waals surface area contributed by atoms with Crippen molar-refractivity contribution in [3.05, 3.63) is 42.2 Å². The van der Waals surface area contributed by atoms with Crippen LogP contribution in [0.5, 0.6) is 17.2 Å². The lowest BCUT2D eigenvalue weighted by atomic mass is 10.1. The minimum atomic E-state index is 0.0498. The average Bonchev–Trinajstić information content (AvgIpc) is 3.05. The summed E-state index contributed by atoms with van der Waals surface area (Å²) in [5.74, 6) is 1.80. The van der Waals surface area contributed by atoms with Crippen LogP contribution in [-0.4, -0.2) is 31.8 Å². The maximum Gasteiger partial charge on any atom is 0.230 e. The first kappa shape index (κ1) is 15.0. The number of aromatic nitrogens is 1. The number of nitrogens with zero attached hydrogens (tertiary/aromatic N) is 1. The number of methoxy groups -OCH3 is 3. The number of rotatable bonds is 6. The van der Waals surface area contributed by atoms with Crippen molar-refractivity contribution in [3.8, 4) is 17.2 Å². The van der Waals surface area contributed by atoms with E-state index >= 15 is 0 Å². The van der Waals surface area contributed by atoms with Crippen molar-refractivity contribution in [1.29, 1.82) is 0 Å². The molecule has 21 heavy (non-hydrogen) atoms. The standard InChI is InChI=1S/C16H19NO4/c1-19-13-10-12(11-14(20-2)16(13)21-3)6-7-15(18)17-8-4-5-9-17/h4-5,8-11H,6-7H2,1-3H3. The molecule has 1 aromatic carbocycles. The van der Waals surface area contributed by atoms with Crippen LogP contribution in [0.25, 0.3) is 0 Å². The van der Waals surface area contributed by atoms with E-state index < -0.39 is 0 Å². The summed E-state index contributed by atoms with van der Waals surface area (Å²) in [5, 5.41) is 0. The van der Waals surface area contributed by atoms with E-state index in [1.54, 1.807) is 38.3 Å². The molecule has 0 N–H and O–H groups in total. The van der Waals surface area contributed by atoms with Crippen molar-refractivity contribution in [2.45, 2.75) is 12.8 Å². The first-order valence-electron chi connectivity index (χ1n) is 6.64. The molecule has 2 rings (SSSR count). The van der Waals surface area contributed by atoms with Gasteiger partial charge in [-0.15, -0.1) is 0 Å². The summed E-state index contributed by atoms with van der Waals surface area (Å²) >= 11 is 0. The molecule has 0 spiro atoms. The highest BCUT2D eigenvalue weighted by Gasteiger charge is 2.14. The molecule has 1 aromatic heterocycles. The molecule has 0 aliphatic carbocycles. The molecule has 0 unspecified atom stereocenters. The fourth-order valence-electron chi connectivity index (χ4n) is 2.16. The number of aryl methyl sites for hydroxylation is 1. The zero-order valence-electron chi connectivity index (χ0n) is 12.5. The van der Waals surface area contributed by atoms with E-state index in [2.05, 4.69) is 0 Å². The maximum atomic E-state index is 12.0. The lowest BCUT2D eigenvalue weighted by Gasteiger charge is -2.14. The maximum absolute atomic E-state index is 12.0. The number of benzene rings is 1. The second-order valence-electron chi connectivity index (χ2n) is 4.52. The molecule has 0 atom stereocenters. The summed E-state index contributed by atoms with van der Waals surface area (Å²) < 4.78 is 17.5. The van der Waals surface area contributed by atoms with E-state index in [4.69, 9.17) is 14.2 Å². The Balaban J connectivity index is 2.15. The number of carbonyl (C=O) groups is 1. The molecule has 0 radical (unpaired) electrons. The van der Waals surface area contributed by atoms with Gasteiger partial charge in [-0.1, -0.05) is 0 Å². The van der Waals surface area contributed by atoms with Crippen LogP contribution < -0.4 is 14.2 Å². The molecule has 0 bridgehead atoms. The molecule has 5 nitrogen and oxygen atoms in total. The van der Waals surface area contributed by atoms with Crippen LogP contribution in [0, 0.1) is 0 Å². The average molecular weight is 289 g/mol. The van der Waals surface area contributed by atoms with E-state index in [1.807, 2.05) is 24.3 Å². The number of ether oxygens (including phenoxy) is 3. The predicted molar refractivity (Wildman–Crippen MR) is 79.5 cm³/mol. The van der Waals surface area contributed by atoms with Gasteiger partial charge in [0.15, 0.2) is 11.5 Å². The Hall–Kier alpha value is -2.43. The Bertz CT molecular complexity index is 580. The minimum Gasteiger partial charge on any atom is -0.493 e. The van der Waals surface area contributed by atoms with Crippen LogP contribution in [0.2, 0.25) is 0 Å². The first-order valence-corrected chi connectivity index (χ1v) is 6.64. The Morgan fingerprint density at radius 3 is 2.05 bits per heavy atom. The fourth-order valence-corrected chi connectivity index (χ4v) is 2.16. The normalized spacial score (nSPS) is 10.2. The molecular formula is C16H19NO4. The van der Waals surface area contributed by atoms with Gasteiger partial charge in [0.05, 0.1) is 21.3 Å². The van der Waals surface area contributed by atoms with Crippen LogP contribution in [0.15, 0.2) is 36.7 Å². The van der Waals surface area contributed by atoms with Crippen LogP contribution in [-0.2, 0) is 6.42 Å². The number of hydrogen-bond acceptors (Lipinski definition) is 4. The molecule has 0 aliphatic heterocycles. The predicted octanol–water partition coefficient (Wildman–Crippen LogP) is 2.79. The third kappa shape index (κ3) is 3.37. The number of carbonyl (C=O) groups excluding carboxylic acids is 1. The monoisotopic (exact) mass is 289 g/mol. The van der Waals surface area contributed by atoms with Gasteiger partial charge in [-0.05, 0) is 36.2 Å².